The topological polar surface area (TPSA) is 38.8 Å². The largest absolute Gasteiger partial charge is 0.497 e. The fourth-order valence-corrected chi connectivity index (χ4v) is 2.16. The van der Waals surface area contributed by atoms with Gasteiger partial charge in [0.2, 0.25) is 0 Å². The molecule has 0 atom stereocenters. The van der Waals surface area contributed by atoms with Gasteiger partial charge in [-0.15, -0.1) is 0 Å². The van der Waals surface area contributed by atoms with Crippen LogP contribution in [0, 0.1) is 0 Å². The number of carbonyl (C=O) groups is 1. The molecular weight excluding hydrogens is 242 g/mol. The summed E-state index contributed by atoms with van der Waals surface area (Å²) >= 11 is 0. The average Bonchev–Trinajstić information content (AvgIpc) is 3.21. The van der Waals surface area contributed by atoms with Gasteiger partial charge < -0.3 is 14.4 Å². The van der Waals surface area contributed by atoms with Crippen LogP contribution in [0.3, 0.4) is 0 Å². The number of benzene rings is 1. The van der Waals surface area contributed by atoms with Crippen molar-refractivity contribution in [3.63, 3.8) is 0 Å². The third-order valence-corrected chi connectivity index (χ3v) is 3.21. The maximum absolute atomic E-state index is 12.1. The molecule has 0 unspecified atom stereocenters. The van der Waals surface area contributed by atoms with Gasteiger partial charge in [0.1, 0.15) is 11.5 Å². The lowest BCUT2D eigenvalue weighted by Crippen LogP contribution is -2.41. The summed E-state index contributed by atoms with van der Waals surface area (Å²) in [4.78, 5) is 14.1. The van der Waals surface area contributed by atoms with Gasteiger partial charge in [0.25, 0.3) is 5.91 Å². The predicted molar refractivity (Wildman–Crippen MR) is 73.5 cm³/mol. The Morgan fingerprint density at radius 3 is 2.32 bits per heavy atom. The van der Waals surface area contributed by atoms with E-state index >= 15 is 0 Å². The Morgan fingerprint density at radius 2 is 1.84 bits per heavy atom. The second kappa shape index (κ2) is 5.95. The summed E-state index contributed by atoms with van der Waals surface area (Å²) in [6.07, 6.45) is 2.24. The number of amides is 1. The molecule has 104 valence electrons. The van der Waals surface area contributed by atoms with Crippen molar-refractivity contribution in [3.05, 3.63) is 24.3 Å². The SMILES string of the molecule is COc1ccc(OCC(=O)N(C(C)C)C2CC2)cc1. The molecule has 4 nitrogen and oxygen atoms in total. The summed E-state index contributed by atoms with van der Waals surface area (Å²) in [5.41, 5.74) is 0. The molecule has 1 aromatic rings. The molecule has 1 fully saturated rings. The Labute approximate surface area is 114 Å². The van der Waals surface area contributed by atoms with Crippen LogP contribution in [0.25, 0.3) is 0 Å². The molecular formula is C15H21NO3. The minimum atomic E-state index is 0.0633. The van der Waals surface area contributed by atoms with Gasteiger partial charge in [-0.2, -0.15) is 0 Å². The molecule has 0 aliphatic heterocycles. The van der Waals surface area contributed by atoms with E-state index in [4.69, 9.17) is 9.47 Å². The Kier molecular flexibility index (Phi) is 4.30. The van der Waals surface area contributed by atoms with E-state index in [1.165, 1.54) is 0 Å². The van der Waals surface area contributed by atoms with Gasteiger partial charge in [-0.1, -0.05) is 0 Å². The molecule has 2 rings (SSSR count). The molecule has 19 heavy (non-hydrogen) atoms. The minimum absolute atomic E-state index is 0.0633. The molecule has 1 saturated carbocycles. The van der Waals surface area contributed by atoms with Gasteiger partial charge in [0.15, 0.2) is 6.61 Å². The van der Waals surface area contributed by atoms with E-state index in [0.717, 1.165) is 18.6 Å². The Balaban J connectivity index is 1.88. The van der Waals surface area contributed by atoms with Gasteiger partial charge in [-0.25, -0.2) is 0 Å². The Hall–Kier alpha value is -1.71. The van der Waals surface area contributed by atoms with Crippen LogP contribution in [-0.4, -0.2) is 36.6 Å². The monoisotopic (exact) mass is 263 g/mol. The summed E-state index contributed by atoms with van der Waals surface area (Å²) in [6.45, 7) is 4.19. The highest BCUT2D eigenvalue weighted by Gasteiger charge is 2.34. The standard InChI is InChI=1S/C15H21NO3/c1-11(2)16(12-4-5-12)15(17)10-19-14-8-6-13(18-3)7-9-14/h6-9,11-12H,4-5,10H2,1-3H3. The van der Waals surface area contributed by atoms with E-state index in [2.05, 4.69) is 0 Å². The third-order valence-electron chi connectivity index (χ3n) is 3.21. The number of nitrogens with zero attached hydrogens (tertiary/aromatic N) is 1. The van der Waals surface area contributed by atoms with Crippen LogP contribution in [0.4, 0.5) is 0 Å². The highest BCUT2D eigenvalue weighted by molar-refractivity contribution is 5.78. The Bertz CT molecular complexity index is 422. The van der Waals surface area contributed by atoms with Crippen molar-refractivity contribution in [2.24, 2.45) is 0 Å². The molecule has 0 saturated heterocycles. The highest BCUT2D eigenvalue weighted by atomic mass is 16.5. The smallest absolute Gasteiger partial charge is 0.260 e. The zero-order chi connectivity index (χ0) is 13.8. The summed E-state index contributed by atoms with van der Waals surface area (Å²) in [5.74, 6) is 1.53. The normalized spacial score (nSPS) is 14.3. The number of hydrogen-bond donors (Lipinski definition) is 0. The Morgan fingerprint density at radius 1 is 1.26 bits per heavy atom. The lowest BCUT2D eigenvalue weighted by Gasteiger charge is -2.26. The van der Waals surface area contributed by atoms with E-state index in [9.17, 15) is 4.79 Å². The second-order valence-electron chi connectivity index (χ2n) is 5.09. The highest BCUT2D eigenvalue weighted by Crippen LogP contribution is 2.28. The maximum atomic E-state index is 12.1. The van der Waals surface area contributed by atoms with E-state index in [-0.39, 0.29) is 18.6 Å². The number of rotatable bonds is 6. The summed E-state index contributed by atoms with van der Waals surface area (Å²) in [6, 6.07) is 7.92. The lowest BCUT2D eigenvalue weighted by atomic mass is 10.3. The van der Waals surface area contributed by atoms with Gasteiger partial charge in [-0.3, -0.25) is 4.79 Å². The van der Waals surface area contributed by atoms with Crippen LogP contribution in [0.5, 0.6) is 11.5 Å². The van der Waals surface area contributed by atoms with E-state index in [1.54, 1.807) is 7.11 Å². The van der Waals surface area contributed by atoms with Crippen molar-refractivity contribution >= 4 is 5.91 Å². The summed E-state index contributed by atoms with van der Waals surface area (Å²) < 4.78 is 10.6. The quantitative estimate of drug-likeness (QED) is 0.791. The average molecular weight is 263 g/mol. The van der Waals surface area contributed by atoms with Crippen molar-refractivity contribution in [1.29, 1.82) is 0 Å². The summed E-state index contributed by atoms with van der Waals surface area (Å²) in [5, 5.41) is 0. The number of hydrogen-bond acceptors (Lipinski definition) is 3. The fourth-order valence-electron chi connectivity index (χ4n) is 2.16. The maximum Gasteiger partial charge on any atom is 0.260 e. The van der Waals surface area contributed by atoms with E-state index in [0.29, 0.717) is 11.8 Å². The molecule has 0 bridgehead atoms. The van der Waals surface area contributed by atoms with Crippen molar-refractivity contribution in [3.8, 4) is 11.5 Å². The fraction of sp³-hybridized carbons (Fsp3) is 0.533. The molecule has 1 aliphatic rings. The number of carbonyl (C=O) groups excluding carboxylic acids is 1. The number of methoxy groups -OCH3 is 1. The van der Waals surface area contributed by atoms with Gasteiger partial charge >= 0.3 is 0 Å². The first-order valence-corrected chi connectivity index (χ1v) is 6.70. The molecule has 0 heterocycles. The first-order valence-electron chi connectivity index (χ1n) is 6.70. The van der Waals surface area contributed by atoms with Crippen LogP contribution >= 0.6 is 0 Å². The van der Waals surface area contributed by atoms with Crippen LogP contribution < -0.4 is 9.47 Å². The second-order valence-corrected chi connectivity index (χ2v) is 5.09. The van der Waals surface area contributed by atoms with E-state index in [1.807, 2.05) is 43.0 Å². The first-order chi connectivity index (χ1) is 9.11. The molecule has 0 aromatic heterocycles. The van der Waals surface area contributed by atoms with Crippen molar-refractivity contribution in [2.75, 3.05) is 13.7 Å². The van der Waals surface area contributed by atoms with Crippen LogP contribution in [0.15, 0.2) is 24.3 Å². The van der Waals surface area contributed by atoms with E-state index < -0.39 is 0 Å². The third kappa shape index (κ3) is 3.63. The van der Waals surface area contributed by atoms with Crippen LogP contribution in [-0.2, 0) is 4.79 Å². The van der Waals surface area contributed by atoms with Gasteiger partial charge in [0, 0.05) is 12.1 Å². The van der Waals surface area contributed by atoms with Crippen LogP contribution in [0.2, 0.25) is 0 Å². The minimum Gasteiger partial charge on any atom is -0.497 e. The predicted octanol–water partition coefficient (Wildman–Crippen LogP) is 2.47. The van der Waals surface area contributed by atoms with Gasteiger partial charge in [0.05, 0.1) is 7.11 Å². The number of ether oxygens (including phenoxy) is 2. The van der Waals surface area contributed by atoms with Crippen molar-refractivity contribution in [2.45, 2.75) is 38.8 Å². The van der Waals surface area contributed by atoms with Crippen molar-refractivity contribution in [1.82, 2.24) is 4.90 Å². The lowest BCUT2D eigenvalue weighted by molar-refractivity contribution is -0.135. The zero-order valence-electron chi connectivity index (χ0n) is 11.8. The van der Waals surface area contributed by atoms with Crippen molar-refractivity contribution < 1.29 is 14.3 Å². The molecule has 4 heteroatoms. The molecule has 0 radical (unpaired) electrons. The molecule has 1 amide bonds. The molecule has 0 spiro atoms. The molecule has 1 aromatic carbocycles. The zero-order valence-corrected chi connectivity index (χ0v) is 11.8. The molecule has 1 aliphatic carbocycles. The van der Waals surface area contributed by atoms with Gasteiger partial charge in [-0.05, 0) is 51.0 Å². The summed E-state index contributed by atoms with van der Waals surface area (Å²) in [7, 11) is 1.62. The first kappa shape index (κ1) is 13.7. The van der Waals surface area contributed by atoms with Crippen LogP contribution in [0.1, 0.15) is 26.7 Å². The molecule has 0 N–H and O–H groups in total.